The number of aromatic nitrogens is 2. The van der Waals surface area contributed by atoms with Gasteiger partial charge in [-0.15, -0.1) is 0 Å². The number of nitrogens with zero attached hydrogens (tertiary/aromatic N) is 1. The van der Waals surface area contributed by atoms with Crippen LogP contribution in [0, 0.1) is 0 Å². The SMILES string of the molecule is CCCc1cc(=O)[nH]c(SCC(=O)NC[C@H](C)c2ccccc2)n1. The van der Waals surface area contributed by atoms with E-state index in [-0.39, 0.29) is 23.1 Å². The Balaban J connectivity index is 1.82. The van der Waals surface area contributed by atoms with E-state index in [4.69, 9.17) is 0 Å². The maximum atomic E-state index is 12.0. The first-order valence-corrected chi connectivity index (χ1v) is 9.11. The minimum atomic E-state index is -0.172. The molecule has 0 fully saturated rings. The zero-order chi connectivity index (χ0) is 17.4. The molecule has 1 atom stereocenters. The van der Waals surface area contributed by atoms with Crippen molar-refractivity contribution in [3.8, 4) is 0 Å². The fraction of sp³-hybridized carbons (Fsp3) is 0.389. The molecule has 1 heterocycles. The van der Waals surface area contributed by atoms with Crippen molar-refractivity contribution in [2.75, 3.05) is 12.3 Å². The fourth-order valence-electron chi connectivity index (χ4n) is 2.29. The molecule has 0 aliphatic rings. The first-order chi connectivity index (χ1) is 11.6. The lowest BCUT2D eigenvalue weighted by atomic mass is 10.0. The second-order valence-electron chi connectivity index (χ2n) is 5.70. The topological polar surface area (TPSA) is 74.8 Å². The number of aryl methyl sites for hydroxylation is 1. The summed E-state index contributed by atoms with van der Waals surface area (Å²) >= 11 is 1.25. The zero-order valence-electron chi connectivity index (χ0n) is 14.0. The van der Waals surface area contributed by atoms with Gasteiger partial charge in [0.1, 0.15) is 0 Å². The van der Waals surface area contributed by atoms with Crippen molar-refractivity contribution in [3.63, 3.8) is 0 Å². The van der Waals surface area contributed by atoms with Gasteiger partial charge in [-0.05, 0) is 17.9 Å². The Kier molecular flexibility index (Phi) is 7.06. The smallest absolute Gasteiger partial charge is 0.251 e. The van der Waals surface area contributed by atoms with Gasteiger partial charge in [-0.3, -0.25) is 9.59 Å². The lowest BCUT2D eigenvalue weighted by molar-refractivity contribution is -0.118. The summed E-state index contributed by atoms with van der Waals surface area (Å²) in [6, 6.07) is 11.6. The predicted molar refractivity (Wildman–Crippen MR) is 97.4 cm³/mol. The number of nitrogens with one attached hydrogen (secondary N) is 2. The summed E-state index contributed by atoms with van der Waals surface area (Å²) in [4.78, 5) is 30.6. The number of carbonyl (C=O) groups is 1. The highest BCUT2D eigenvalue weighted by atomic mass is 32.2. The van der Waals surface area contributed by atoms with E-state index < -0.39 is 0 Å². The van der Waals surface area contributed by atoms with Crippen molar-refractivity contribution in [1.29, 1.82) is 0 Å². The Morgan fingerprint density at radius 2 is 2.08 bits per heavy atom. The number of carbonyl (C=O) groups excluding carboxylic acids is 1. The van der Waals surface area contributed by atoms with Crippen LogP contribution < -0.4 is 10.9 Å². The van der Waals surface area contributed by atoms with E-state index in [1.165, 1.54) is 23.4 Å². The first kappa shape index (κ1) is 18.3. The average Bonchev–Trinajstić information content (AvgIpc) is 2.58. The molecule has 0 spiro atoms. The van der Waals surface area contributed by atoms with Crippen LogP contribution in [0.4, 0.5) is 0 Å². The summed E-state index contributed by atoms with van der Waals surface area (Å²) < 4.78 is 0. The van der Waals surface area contributed by atoms with E-state index in [0.29, 0.717) is 11.7 Å². The number of aromatic amines is 1. The standard InChI is InChI=1S/C18H23N3O2S/c1-3-7-15-10-16(22)21-18(20-15)24-12-17(23)19-11-13(2)14-8-5-4-6-9-14/h4-6,8-10,13H,3,7,11-12H2,1-2H3,(H,19,23)(H,20,21,22)/t13-/m0/s1. The van der Waals surface area contributed by atoms with Gasteiger partial charge < -0.3 is 10.3 Å². The number of thioether (sulfide) groups is 1. The summed E-state index contributed by atoms with van der Waals surface area (Å²) in [7, 11) is 0. The number of H-pyrrole nitrogens is 1. The zero-order valence-corrected chi connectivity index (χ0v) is 14.9. The van der Waals surface area contributed by atoms with Crippen LogP contribution in [-0.2, 0) is 11.2 Å². The molecule has 0 radical (unpaired) electrons. The lowest BCUT2D eigenvalue weighted by Gasteiger charge is -2.12. The molecule has 0 saturated carbocycles. The van der Waals surface area contributed by atoms with Crippen LogP contribution in [0.1, 0.15) is 37.4 Å². The van der Waals surface area contributed by atoms with E-state index in [2.05, 4.69) is 34.3 Å². The number of hydrogen-bond acceptors (Lipinski definition) is 4. The number of benzene rings is 1. The third-order valence-electron chi connectivity index (χ3n) is 3.59. The van der Waals surface area contributed by atoms with Gasteiger partial charge >= 0.3 is 0 Å². The van der Waals surface area contributed by atoms with E-state index in [0.717, 1.165) is 18.5 Å². The van der Waals surface area contributed by atoms with Gasteiger partial charge in [0.05, 0.1) is 5.75 Å². The largest absolute Gasteiger partial charge is 0.355 e. The van der Waals surface area contributed by atoms with E-state index in [1.807, 2.05) is 25.1 Å². The van der Waals surface area contributed by atoms with Crippen molar-refractivity contribution in [2.24, 2.45) is 0 Å². The van der Waals surface area contributed by atoms with E-state index in [9.17, 15) is 9.59 Å². The van der Waals surface area contributed by atoms with Crippen LogP contribution in [0.3, 0.4) is 0 Å². The molecule has 6 heteroatoms. The molecule has 2 aromatic rings. The predicted octanol–water partition coefficient (Wildman–Crippen LogP) is 2.73. The lowest BCUT2D eigenvalue weighted by Crippen LogP contribution is -2.29. The van der Waals surface area contributed by atoms with Crippen LogP contribution in [0.25, 0.3) is 0 Å². The molecule has 2 N–H and O–H groups in total. The fourth-order valence-corrected chi connectivity index (χ4v) is 3.01. The molecule has 2 rings (SSSR count). The molecule has 1 amide bonds. The van der Waals surface area contributed by atoms with Crippen molar-refractivity contribution < 1.29 is 4.79 Å². The highest BCUT2D eigenvalue weighted by Crippen LogP contribution is 2.14. The third kappa shape index (κ3) is 5.85. The normalized spacial score (nSPS) is 11.9. The quantitative estimate of drug-likeness (QED) is 0.570. The molecule has 128 valence electrons. The van der Waals surface area contributed by atoms with Gasteiger partial charge in [0.2, 0.25) is 5.91 Å². The van der Waals surface area contributed by atoms with Crippen LogP contribution in [0.15, 0.2) is 46.3 Å². The summed E-state index contributed by atoms with van der Waals surface area (Å²) in [5.74, 6) is 0.428. The van der Waals surface area contributed by atoms with Crippen LogP contribution in [0.2, 0.25) is 0 Å². The van der Waals surface area contributed by atoms with Gasteiger partial charge in [0, 0.05) is 18.3 Å². The summed E-state index contributed by atoms with van der Waals surface area (Å²) in [6.45, 7) is 4.70. The second-order valence-corrected chi connectivity index (χ2v) is 6.66. The molecule has 0 saturated heterocycles. The molecule has 1 aromatic carbocycles. The maximum absolute atomic E-state index is 12.0. The van der Waals surface area contributed by atoms with Gasteiger partial charge in [-0.2, -0.15) is 0 Å². The Hall–Kier alpha value is -2.08. The Morgan fingerprint density at radius 1 is 1.33 bits per heavy atom. The third-order valence-corrected chi connectivity index (χ3v) is 4.47. The van der Waals surface area contributed by atoms with E-state index in [1.54, 1.807) is 0 Å². The molecule has 0 bridgehead atoms. The van der Waals surface area contributed by atoms with Crippen molar-refractivity contribution >= 4 is 17.7 Å². The molecule has 5 nitrogen and oxygen atoms in total. The van der Waals surface area contributed by atoms with Crippen molar-refractivity contribution in [1.82, 2.24) is 15.3 Å². The monoisotopic (exact) mass is 345 g/mol. The molecule has 0 aliphatic carbocycles. The minimum absolute atomic E-state index is 0.0636. The minimum Gasteiger partial charge on any atom is -0.355 e. The molecule has 24 heavy (non-hydrogen) atoms. The highest BCUT2D eigenvalue weighted by molar-refractivity contribution is 7.99. The molecule has 0 aliphatic heterocycles. The molecular formula is C18H23N3O2S. The molecular weight excluding hydrogens is 322 g/mol. The number of hydrogen-bond donors (Lipinski definition) is 2. The first-order valence-electron chi connectivity index (χ1n) is 8.13. The van der Waals surface area contributed by atoms with Gasteiger partial charge in [0.25, 0.3) is 5.56 Å². The average molecular weight is 345 g/mol. The molecule has 1 aromatic heterocycles. The van der Waals surface area contributed by atoms with Crippen LogP contribution >= 0.6 is 11.8 Å². The Labute approximate surface area is 146 Å². The summed E-state index contributed by atoms with van der Waals surface area (Å²) in [5, 5.41) is 3.42. The summed E-state index contributed by atoms with van der Waals surface area (Å²) in [5.41, 5.74) is 1.79. The van der Waals surface area contributed by atoms with Gasteiger partial charge in [-0.25, -0.2) is 4.98 Å². The van der Waals surface area contributed by atoms with Gasteiger partial charge in [-0.1, -0.05) is 62.4 Å². The van der Waals surface area contributed by atoms with E-state index >= 15 is 0 Å². The van der Waals surface area contributed by atoms with Crippen LogP contribution in [-0.4, -0.2) is 28.2 Å². The Bertz CT molecular complexity index is 716. The van der Waals surface area contributed by atoms with Crippen LogP contribution in [0.5, 0.6) is 0 Å². The van der Waals surface area contributed by atoms with Gasteiger partial charge in [0.15, 0.2) is 5.16 Å². The number of amides is 1. The molecule has 0 unspecified atom stereocenters. The Morgan fingerprint density at radius 3 is 2.79 bits per heavy atom. The van der Waals surface area contributed by atoms with Crippen molar-refractivity contribution in [2.45, 2.75) is 37.8 Å². The van der Waals surface area contributed by atoms with Crippen molar-refractivity contribution in [3.05, 3.63) is 58.0 Å². The second kappa shape index (κ2) is 9.27. The maximum Gasteiger partial charge on any atom is 0.251 e. The highest BCUT2D eigenvalue weighted by Gasteiger charge is 2.09. The summed E-state index contributed by atoms with van der Waals surface area (Å²) in [6.07, 6.45) is 1.69. The number of rotatable bonds is 8.